The van der Waals surface area contributed by atoms with Gasteiger partial charge < -0.3 is 4.74 Å². The van der Waals surface area contributed by atoms with Gasteiger partial charge in [-0.05, 0) is 32.5 Å². The fourth-order valence-electron chi connectivity index (χ4n) is 1.67. The first-order chi connectivity index (χ1) is 8.54. The predicted octanol–water partition coefficient (Wildman–Crippen LogP) is 3.22. The van der Waals surface area contributed by atoms with E-state index < -0.39 is 0 Å². The molecule has 0 amide bonds. The monoisotopic (exact) mass is 313 g/mol. The topological polar surface area (TPSA) is 29.5 Å². The normalized spacial score (nSPS) is 12.5. The molecule has 0 N–H and O–H groups in total. The van der Waals surface area contributed by atoms with Crippen LogP contribution in [0.4, 0.5) is 0 Å². The van der Waals surface area contributed by atoms with Crippen molar-refractivity contribution in [2.45, 2.75) is 32.9 Å². The molecule has 0 bridgehead atoms. The molecule has 1 atom stereocenters. The van der Waals surface area contributed by atoms with E-state index in [0.717, 1.165) is 11.0 Å². The van der Waals surface area contributed by atoms with Gasteiger partial charge in [0.15, 0.2) is 0 Å². The number of hydrogen-bond donors (Lipinski definition) is 0. The van der Waals surface area contributed by atoms with Crippen molar-refractivity contribution in [2.24, 2.45) is 0 Å². The van der Waals surface area contributed by atoms with Gasteiger partial charge in [-0.25, -0.2) is 0 Å². The van der Waals surface area contributed by atoms with Crippen molar-refractivity contribution < 1.29 is 9.53 Å². The van der Waals surface area contributed by atoms with Gasteiger partial charge in [0.05, 0.1) is 13.0 Å². The lowest BCUT2D eigenvalue weighted by atomic mass is 10.1. The number of hydrogen-bond acceptors (Lipinski definition) is 3. The van der Waals surface area contributed by atoms with Crippen LogP contribution in [-0.2, 0) is 16.1 Å². The van der Waals surface area contributed by atoms with Crippen LogP contribution < -0.4 is 0 Å². The highest BCUT2D eigenvalue weighted by Crippen LogP contribution is 2.18. The lowest BCUT2D eigenvalue weighted by Crippen LogP contribution is -2.31. The van der Waals surface area contributed by atoms with Crippen LogP contribution >= 0.6 is 15.9 Å². The summed E-state index contributed by atoms with van der Waals surface area (Å²) in [6.07, 6.45) is 0.425. The van der Waals surface area contributed by atoms with E-state index in [1.807, 2.05) is 39.1 Å². The van der Waals surface area contributed by atoms with Gasteiger partial charge in [-0.2, -0.15) is 0 Å². The summed E-state index contributed by atoms with van der Waals surface area (Å²) in [6.45, 7) is 5.11. The fraction of sp³-hybridized carbons (Fsp3) is 0.500. The summed E-state index contributed by atoms with van der Waals surface area (Å²) < 4.78 is 6.06. The summed E-state index contributed by atoms with van der Waals surface area (Å²) in [5.74, 6) is -0.135. The van der Waals surface area contributed by atoms with Gasteiger partial charge in [0, 0.05) is 17.1 Å². The second-order valence-electron chi connectivity index (χ2n) is 4.36. The van der Waals surface area contributed by atoms with E-state index in [-0.39, 0.29) is 12.0 Å². The van der Waals surface area contributed by atoms with Crippen molar-refractivity contribution in [2.75, 3.05) is 13.7 Å². The van der Waals surface area contributed by atoms with Crippen molar-refractivity contribution in [3.8, 4) is 0 Å². The van der Waals surface area contributed by atoms with Gasteiger partial charge in [0.1, 0.15) is 0 Å². The Kier molecular flexibility index (Phi) is 6.36. The highest BCUT2D eigenvalue weighted by molar-refractivity contribution is 9.10. The number of rotatable bonds is 6. The Morgan fingerprint density at radius 2 is 2.11 bits per heavy atom. The number of carbonyl (C=O) groups is 1. The minimum Gasteiger partial charge on any atom is -0.466 e. The average Bonchev–Trinajstić information content (AvgIpc) is 2.32. The number of esters is 1. The molecule has 0 aromatic heterocycles. The van der Waals surface area contributed by atoms with Crippen molar-refractivity contribution in [3.63, 3.8) is 0 Å². The fourth-order valence-corrected chi connectivity index (χ4v) is 2.08. The molecule has 0 fully saturated rings. The average molecular weight is 314 g/mol. The maximum Gasteiger partial charge on any atom is 0.307 e. The Hall–Kier alpha value is -0.870. The van der Waals surface area contributed by atoms with Crippen LogP contribution in [0.5, 0.6) is 0 Å². The number of nitrogens with zero attached hydrogens (tertiary/aromatic N) is 1. The Morgan fingerprint density at radius 1 is 1.44 bits per heavy atom. The third kappa shape index (κ3) is 4.78. The molecule has 0 aliphatic heterocycles. The molecule has 3 nitrogen and oxygen atoms in total. The van der Waals surface area contributed by atoms with Gasteiger partial charge in [-0.3, -0.25) is 9.69 Å². The van der Waals surface area contributed by atoms with E-state index in [1.165, 1.54) is 5.56 Å². The lowest BCUT2D eigenvalue weighted by Gasteiger charge is -2.24. The van der Waals surface area contributed by atoms with Crippen LogP contribution in [-0.4, -0.2) is 30.6 Å². The van der Waals surface area contributed by atoms with Crippen molar-refractivity contribution in [1.82, 2.24) is 4.90 Å². The zero-order valence-electron chi connectivity index (χ0n) is 11.1. The van der Waals surface area contributed by atoms with Crippen molar-refractivity contribution in [1.29, 1.82) is 0 Å². The summed E-state index contributed by atoms with van der Waals surface area (Å²) in [4.78, 5) is 13.6. The molecule has 100 valence electrons. The molecule has 4 heteroatoms. The summed E-state index contributed by atoms with van der Waals surface area (Å²) >= 11 is 3.53. The van der Waals surface area contributed by atoms with Crippen LogP contribution in [0.15, 0.2) is 28.7 Å². The van der Waals surface area contributed by atoms with Gasteiger partial charge >= 0.3 is 5.97 Å². The molecular formula is C14H20BrNO2. The predicted molar refractivity (Wildman–Crippen MR) is 76.3 cm³/mol. The van der Waals surface area contributed by atoms with E-state index in [0.29, 0.717) is 13.0 Å². The van der Waals surface area contributed by atoms with Gasteiger partial charge in [0.2, 0.25) is 0 Å². The maximum atomic E-state index is 11.4. The molecule has 0 aliphatic rings. The molecule has 0 spiro atoms. The number of ether oxygens (including phenoxy) is 1. The van der Waals surface area contributed by atoms with Crippen LogP contribution in [0.25, 0.3) is 0 Å². The Balaban J connectivity index is 2.52. The van der Waals surface area contributed by atoms with Gasteiger partial charge in [-0.15, -0.1) is 0 Å². The molecule has 18 heavy (non-hydrogen) atoms. The second kappa shape index (κ2) is 7.54. The number of benzene rings is 1. The van der Waals surface area contributed by atoms with Crippen LogP contribution in [0, 0.1) is 0 Å². The zero-order valence-corrected chi connectivity index (χ0v) is 12.7. The third-order valence-corrected chi connectivity index (χ3v) is 3.67. The van der Waals surface area contributed by atoms with Crippen molar-refractivity contribution >= 4 is 21.9 Å². The Morgan fingerprint density at radius 3 is 2.72 bits per heavy atom. The third-order valence-electron chi connectivity index (χ3n) is 2.90. The molecule has 0 radical (unpaired) electrons. The molecule has 1 rings (SSSR count). The van der Waals surface area contributed by atoms with Crippen LogP contribution in [0.3, 0.4) is 0 Å². The van der Waals surface area contributed by atoms with Gasteiger partial charge in [0.25, 0.3) is 0 Å². The van der Waals surface area contributed by atoms with E-state index in [9.17, 15) is 4.79 Å². The number of halogens is 1. The number of carbonyl (C=O) groups excluding carboxylic acids is 1. The first kappa shape index (κ1) is 15.2. The standard InChI is InChI=1S/C14H20BrNO2/c1-4-18-14(17)9-11(2)16(3)10-12-7-5-6-8-13(12)15/h5-8,11H,4,9-10H2,1-3H3. The Bertz CT molecular complexity index is 395. The summed E-state index contributed by atoms with van der Waals surface area (Å²) in [5.41, 5.74) is 1.22. The lowest BCUT2D eigenvalue weighted by molar-refractivity contribution is -0.144. The molecule has 1 aromatic carbocycles. The summed E-state index contributed by atoms with van der Waals surface area (Å²) in [6, 6.07) is 8.28. The minimum atomic E-state index is -0.135. The quantitative estimate of drug-likeness (QED) is 0.755. The van der Waals surface area contributed by atoms with E-state index in [2.05, 4.69) is 26.9 Å². The largest absolute Gasteiger partial charge is 0.466 e. The van der Waals surface area contributed by atoms with E-state index in [4.69, 9.17) is 4.74 Å². The molecule has 1 unspecified atom stereocenters. The highest BCUT2D eigenvalue weighted by atomic mass is 79.9. The van der Waals surface area contributed by atoms with Crippen LogP contribution in [0.2, 0.25) is 0 Å². The molecule has 0 heterocycles. The smallest absolute Gasteiger partial charge is 0.307 e. The highest BCUT2D eigenvalue weighted by Gasteiger charge is 2.15. The van der Waals surface area contributed by atoms with Gasteiger partial charge in [-0.1, -0.05) is 34.1 Å². The molecular weight excluding hydrogens is 294 g/mol. The van der Waals surface area contributed by atoms with Crippen molar-refractivity contribution in [3.05, 3.63) is 34.3 Å². The van der Waals surface area contributed by atoms with Crippen LogP contribution in [0.1, 0.15) is 25.8 Å². The SMILES string of the molecule is CCOC(=O)CC(C)N(C)Cc1ccccc1Br. The molecule has 0 aliphatic carbocycles. The molecule has 1 aromatic rings. The first-order valence-electron chi connectivity index (χ1n) is 6.13. The minimum absolute atomic E-state index is 0.135. The Labute approximate surface area is 117 Å². The second-order valence-corrected chi connectivity index (χ2v) is 5.22. The zero-order chi connectivity index (χ0) is 13.5. The van der Waals surface area contributed by atoms with E-state index >= 15 is 0 Å². The molecule has 0 saturated carbocycles. The molecule has 0 saturated heterocycles. The van der Waals surface area contributed by atoms with E-state index in [1.54, 1.807) is 0 Å². The summed E-state index contributed by atoms with van der Waals surface area (Å²) in [5, 5.41) is 0. The maximum absolute atomic E-state index is 11.4. The first-order valence-corrected chi connectivity index (χ1v) is 6.93. The summed E-state index contributed by atoms with van der Waals surface area (Å²) in [7, 11) is 2.02.